The standard InChI is InChI=1S/C25H33FN4O5/c26-19-1-3-20(4-2-19)28-13-11-27(12-14-28)8-5-21-17-25(23(32)35-21)6-9-29(10-7-25)22(31)18-30-15-16-34-24(30)33/h1-4,21H,5-18H2/t21-/m0/s1. The van der Waals surface area contributed by atoms with Gasteiger partial charge in [-0.05, 0) is 43.5 Å². The summed E-state index contributed by atoms with van der Waals surface area (Å²) < 4.78 is 23.8. The van der Waals surface area contributed by atoms with Gasteiger partial charge in [-0.2, -0.15) is 0 Å². The third-order valence-corrected chi connectivity index (χ3v) is 7.90. The second-order valence-corrected chi connectivity index (χ2v) is 10.0. The summed E-state index contributed by atoms with van der Waals surface area (Å²) in [6.07, 6.45) is 2.21. The van der Waals surface area contributed by atoms with E-state index >= 15 is 0 Å². The average Bonchev–Trinajstić information content (AvgIpc) is 3.41. The summed E-state index contributed by atoms with van der Waals surface area (Å²) in [4.78, 5) is 44.8. The number of carbonyl (C=O) groups is 3. The highest BCUT2D eigenvalue weighted by Gasteiger charge is 2.50. The van der Waals surface area contributed by atoms with Crippen molar-refractivity contribution in [3.8, 4) is 0 Å². The Kier molecular flexibility index (Phi) is 6.82. The van der Waals surface area contributed by atoms with Crippen LogP contribution in [0.1, 0.15) is 25.7 Å². The summed E-state index contributed by atoms with van der Waals surface area (Å²) in [6, 6.07) is 6.63. The fourth-order valence-corrected chi connectivity index (χ4v) is 5.63. The number of carbonyl (C=O) groups excluding carboxylic acids is 3. The van der Waals surface area contributed by atoms with Crippen LogP contribution in [0.2, 0.25) is 0 Å². The number of hydrogen-bond acceptors (Lipinski definition) is 7. The van der Waals surface area contributed by atoms with Crippen LogP contribution >= 0.6 is 0 Å². The van der Waals surface area contributed by atoms with E-state index in [4.69, 9.17) is 9.47 Å². The second-order valence-electron chi connectivity index (χ2n) is 10.0. The van der Waals surface area contributed by atoms with Crippen molar-refractivity contribution in [1.82, 2.24) is 14.7 Å². The maximum Gasteiger partial charge on any atom is 0.410 e. The van der Waals surface area contributed by atoms with Crippen LogP contribution in [0.15, 0.2) is 24.3 Å². The van der Waals surface area contributed by atoms with Crippen molar-refractivity contribution < 1.29 is 28.2 Å². The Hall–Kier alpha value is -2.88. The Morgan fingerprint density at radius 3 is 2.37 bits per heavy atom. The van der Waals surface area contributed by atoms with Crippen molar-refractivity contribution in [1.29, 1.82) is 0 Å². The van der Waals surface area contributed by atoms with Crippen molar-refractivity contribution in [2.45, 2.75) is 31.8 Å². The summed E-state index contributed by atoms with van der Waals surface area (Å²) >= 11 is 0. The number of benzene rings is 1. The number of esters is 1. The number of nitrogens with zero attached hydrogens (tertiary/aromatic N) is 4. The molecule has 1 spiro atoms. The van der Waals surface area contributed by atoms with Crippen LogP contribution in [0.3, 0.4) is 0 Å². The largest absolute Gasteiger partial charge is 0.462 e. The molecule has 5 rings (SSSR count). The summed E-state index contributed by atoms with van der Waals surface area (Å²) in [5.41, 5.74) is 0.554. The number of halogens is 1. The van der Waals surface area contributed by atoms with E-state index in [1.54, 1.807) is 4.90 Å². The zero-order chi connectivity index (χ0) is 24.4. The molecule has 0 aliphatic carbocycles. The minimum Gasteiger partial charge on any atom is -0.462 e. The van der Waals surface area contributed by atoms with E-state index in [1.165, 1.54) is 17.0 Å². The lowest BCUT2D eigenvalue weighted by atomic mass is 9.75. The number of cyclic esters (lactones) is 2. The summed E-state index contributed by atoms with van der Waals surface area (Å²) in [6.45, 7) is 6.32. The number of hydrogen-bond donors (Lipinski definition) is 0. The van der Waals surface area contributed by atoms with Gasteiger partial charge in [0.2, 0.25) is 5.91 Å². The topological polar surface area (TPSA) is 82.6 Å². The molecule has 4 aliphatic rings. The normalized spacial score (nSPS) is 24.7. The van der Waals surface area contributed by atoms with Gasteiger partial charge in [0, 0.05) is 57.9 Å². The van der Waals surface area contributed by atoms with E-state index < -0.39 is 11.5 Å². The maximum atomic E-state index is 13.2. The van der Waals surface area contributed by atoms with Crippen LogP contribution < -0.4 is 4.90 Å². The zero-order valence-corrected chi connectivity index (χ0v) is 20.0. The maximum absolute atomic E-state index is 13.2. The molecular weight excluding hydrogens is 455 g/mol. The molecule has 190 valence electrons. The first-order valence-corrected chi connectivity index (χ1v) is 12.6. The van der Waals surface area contributed by atoms with Crippen LogP contribution in [-0.4, -0.2) is 104 Å². The van der Waals surface area contributed by atoms with Crippen LogP contribution in [0.25, 0.3) is 0 Å². The lowest BCUT2D eigenvalue weighted by Crippen LogP contribution is -2.48. The van der Waals surface area contributed by atoms with Crippen molar-refractivity contribution in [3.63, 3.8) is 0 Å². The zero-order valence-electron chi connectivity index (χ0n) is 20.0. The molecular formula is C25H33FN4O5. The van der Waals surface area contributed by atoms with Crippen molar-refractivity contribution >= 4 is 23.7 Å². The molecule has 0 radical (unpaired) electrons. The molecule has 9 nitrogen and oxygen atoms in total. The molecule has 0 N–H and O–H groups in total. The van der Waals surface area contributed by atoms with Gasteiger partial charge in [0.05, 0.1) is 12.0 Å². The molecule has 2 amide bonds. The Morgan fingerprint density at radius 1 is 1.00 bits per heavy atom. The quantitative estimate of drug-likeness (QED) is 0.564. The first-order chi connectivity index (χ1) is 16.9. The van der Waals surface area contributed by atoms with Gasteiger partial charge in [-0.1, -0.05) is 0 Å². The Morgan fingerprint density at radius 2 is 1.71 bits per heavy atom. The van der Waals surface area contributed by atoms with Crippen molar-refractivity contribution in [3.05, 3.63) is 30.1 Å². The summed E-state index contributed by atoms with van der Waals surface area (Å²) in [5.74, 6) is -0.442. The SMILES string of the molecule is O=C(CN1CCOC1=O)N1CCC2(CC1)C[C@H](CCN1CCN(c3ccc(F)cc3)CC1)OC2=O. The van der Waals surface area contributed by atoms with Gasteiger partial charge in [0.15, 0.2) is 0 Å². The molecule has 0 saturated carbocycles. The number of anilines is 1. The monoisotopic (exact) mass is 488 g/mol. The van der Waals surface area contributed by atoms with Crippen LogP contribution in [0.5, 0.6) is 0 Å². The highest BCUT2D eigenvalue weighted by Crippen LogP contribution is 2.44. The smallest absolute Gasteiger partial charge is 0.410 e. The van der Waals surface area contributed by atoms with Crippen molar-refractivity contribution in [2.24, 2.45) is 5.41 Å². The molecule has 4 heterocycles. The highest BCUT2D eigenvalue weighted by atomic mass is 19.1. The van der Waals surface area contributed by atoms with E-state index in [-0.39, 0.29) is 30.3 Å². The third-order valence-electron chi connectivity index (χ3n) is 7.90. The molecule has 4 fully saturated rings. The van der Waals surface area contributed by atoms with Crippen LogP contribution in [-0.2, 0) is 19.1 Å². The fourth-order valence-electron chi connectivity index (χ4n) is 5.63. The molecule has 1 atom stereocenters. The Balaban J connectivity index is 1.05. The van der Waals surface area contributed by atoms with Gasteiger partial charge in [-0.25, -0.2) is 9.18 Å². The van der Waals surface area contributed by atoms with Gasteiger partial charge < -0.3 is 19.3 Å². The van der Waals surface area contributed by atoms with E-state index in [9.17, 15) is 18.8 Å². The van der Waals surface area contributed by atoms with E-state index in [0.717, 1.165) is 44.8 Å². The summed E-state index contributed by atoms with van der Waals surface area (Å²) in [5, 5.41) is 0. The lowest BCUT2D eigenvalue weighted by molar-refractivity contribution is -0.152. The number of rotatable bonds is 6. The molecule has 0 unspecified atom stereocenters. The molecule has 0 aromatic heterocycles. The number of likely N-dealkylation sites (tertiary alicyclic amines) is 1. The Bertz CT molecular complexity index is 942. The van der Waals surface area contributed by atoms with Gasteiger partial charge in [0.25, 0.3) is 0 Å². The predicted octanol–water partition coefficient (Wildman–Crippen LogP) is 1.71. The minimum absolute atomic E-state index is 0.0350. The minimum atomic E-state index is -0.491. The lowest BCUT2D eigenvalue weighted by Gasteiger charge is -2.37. The predicted molar refractivity (Wildman–Crippen MR) is 125 cm³/mol. The molecule has 4 saturated heterocycles. The number of ether oxygens (including phenoxy) is 2. The number of piperidine rings is 1. The van der Waals surface area contributed by atoms with Gasteiger partial charge in [0.1, 0.15) is 25.1 Å². The van der Waals surface area contributed by atoms with E-state index in [0.29, 0.717) is 45.5 Å². The molecule has 1 aromatic carbocycles. The first-order valence-electron chi connectivity index (χ1n) is 12.6. The van der Waals surface area contributed by atoms with E-state index in [1.807, 2.05) is 12.1 Å². The summed E-state index contributed by atoms with van der Waals surface area (Å²) in [7, 11) is 0. The van der Waals surface area contributed by atoms with Crippen LogP contribution in [0.4, 0.5) is 14.9 Å². The fraction of sp³-hybridized carbons (Fsp3) is 0.640. The Labute approximate surface area is 204 Å². The van der Waals surface area contributed by atoms with E-state index in [2.05, 4.69) is 9.80 Å². The molecule has 10 heteroatoms. The van der Waals surface area contributed by atoms with Gasteiger partial charge >= 0.3 is 12.1 Å². The number of piperazine rings is 1. The molecule has 35 heavy (non-hydrogen) atoms. The molecule has 4 aliphatic heterocycles. The average molecular weight is 489 g/mol. The third kappa shape index (κ3) is 5.22. The van der Waals surface area contributed by atoms with Crippen molar-refractivity contribution in [2.75, 3.05) is 70.4 Å². The van der Waals surface area contributed by atoms with Crippen LogP contribution in [0, 0.1) is 11.2 Å². The molecule has 1 aromatic rings. The number of amides is 2. The van der Waals surface area contributed by atoms with Gasteiger partial charge in [-0.15, -0.1) is 0 Å². The highest BCUT2D eigenvalue weighted by molar-refractivity contribution is 5.84. The molecule has 0 bridgehead atoms. The second kappa shape index (κ2) is 10.0. The first kappa shape index (κ1) is 23.8. The van der Waals surface area contributed by atoms with Gasteiger partial charge in [-0.3, -0.25) is 19.4 Å².